The van der Waals surface area contributed by atoms with E-state index >= 15 is 0 Å². The number of sulfonamides is 1. The molecule has 0 amide bonds. The second-order valence-corrected chi connectivity index (χ2v) is 7.56. The summed E-state index contributed by atoms with van der Waals surface area (Å²) in [5, 5.41) is 4.33. The monoisotopic (exact) mass is 415 g/mol. The van der Waals surface area contributed by atoms with Crippen molar-refractivity contribution >= 4 is 27.3 Å². The van der Waals surface area contributed by atoms with Gasteiger partial charge in [-0.3, -0.25) is 4.72 Å². The van der Waals surface area contributed by atoms with Crippen molar-refractivity contribution < 1.29 is 17.5 Å². The van der Waals surface area contributed by atoms with Gasteiger partial charge in [-0.2, -0.15) is 9.61 Å². The van der Waals surface area contributed by atoms with Crippen LogP contribution in [0.25, 0.3) is 17.0 Å². The third-order valence-electron chi connectivity index (χ3n) is 3.96. The molecule has 148 valence electrons. The third kappa shape index (κ3) is 3.52. The molecule has 29 heavy (non-hydrogen) atoms. The van der Waals surface area contributed by atoms with Crippen molar-refractivity contribution in [2.24, 2.45) is 0 Å². The molecule has 1 aromatic carbocycles. The van der Waals surface area contributed by atoms with Gasteiger partial charge in [0, 0.05) is 11.8 Å². The molecule has 3 heterocycles. The number of hydrogen-bond donors (Lipinski definition) is 2. The Hall–Kier alpha value is -3.80. The average Bonchev–Trinajstić information content (AvgIpc) is 3.08. The van der Waals surface area contributed by atoms with Gasteiger partial charge in [-0.25, -0.2) is 27.8 Å². The highest BCUT2D eigenvalue weighted by atomic mass is 32.2. The number of methoxy groups -OCH3 is 1. The molecular formula is C17H14FN7O3S. The summed E-state index contributed by atoms with van der Waals surface area (Å²) in [6.07, 6.45) is 4.34. The number of rotatable bonds is 5. The van der Waals surface area contributed by atoms with E-state index in [-0.39, 0.29) is 16.5 Å². The van der Waals surface area contributed by atoms with Gasteiger partial charge in [0.15, 0.2) is 0 Å². The molecule has 0 bridgehead atoms. The smallest absolute Gasteiger partial charge is 0.262 e. The number of fused-ring (bicyclic) bond motifs is 1. The van der Waals surface area contributed by atoms with Gasteiger partial charge >= 0.3 is 0 Å². The fraction of sp³-hybridized carbons (Fsp3) is 0.0588. The highest BCUT2D eigenvalue weighted by Crippen LogP contribution is 2.29. The lowest BCUT2D eigenvalue weighted by Gasteiger charge is -2.12. The van der Waals surface area contributed by atoms with E-state index in [1.165, 1.54) is 36.3 Å². The maximum Gasteiger partial charge on any atom is 0.262 e. The number of imidazole rings is 1. The molecule has 12 heteroatoms. The Morgan fingerprint density at radius 1 is 1.10 bits per heavy atom. The summed E-state index contributed by atoms with van der Waals surface area (Å²) in [6.45, 7) is 0. The van der Waals surface area contributed by atoms with Gasteiger partial charge in [-0.1, -0.05) is 0 Å². The van der Waals surface area contributed by atoms with Gasteiger partial charge in [-0.15, -0.1) is 0 Å². The van der Waals surface area contributed by atoms with E-state index in [1.54, 1.807) is 0 Å². The highest BCUT2D eigenvalue weighted by molar-refractivity contribution is 7.92. The van der Waals surface area contributed by atoms with Crippen LogP contribution in [0.3, 0.4) is 0 Å². The minimum absolute atomic E-state index is 0.0515. The summed E-state index contributed by atoms with van der Waals surface area (Å²) in [4.78, 5) is 12.2. The van der Waals surface area contributed by atoms with Gasteiger partial charge in [0.25, 0.3) is 15.8 Å². The molecule has 3 N–H and O–H groups in total. The Morgan fingerprint density at radius 2 is 1.83 bits per heavy atom. The van der Waals surface area contributed by atoms with Gasteiger partial charge < -0.3 is 10.5 Å². The first-order valence-corrected chi connectivity index (χ1v) is 9.65. The predicted molar refractivity (Wildman–Crippen MR) is 102 cm³/mol. The SMILES string of the molecule is COc1ncc(-c2cnc3ncc(N)n3n2)cc1NS(=O)(=O)c1ccc(F)cc1. The summed E-state index contributed by atoms with van der Waals surface area (Å²) in [6, 6.07) is 5.92. The summed E-state index contributed by atoms with van der Waals surface area (Å²) in [5.74, 6) is 0.131. The number of nitrogens with two attached hydrogens (primary N) is 1. The van der Waals surface area contributed by atoms with Crippen LogP contribution in [0.2, 0.25) is 0 Å². The Balaban J connectivity index is 1.74. The maximum atomic E-state index is 13.1. The molecule has 0 radical (unpaired) electrons. The van der Waals surface area contributed by atoms with E-state index in [1.807, 2.05) is 0 Å². The Morgan fingerprint density at radius 3 is 2.55 bits per heavy atom. The first kappa shape index (κ1) is 18.6. The molecular weight excluding hydrogens is 401 g/mol. The fourth-order valence-electron chi connectivity index (χ4n) is 2.57. The summed E-state index contributed by atoms with van der Waals surface area (Å²) in [7, 11) is -2.65. The normalized spacial score (nSPS) is 11.5. The molecule has 4 rings (SSSR count). The number of ether oxygens (including phenoxy) is 1. The number of benzene rings is 1. The molecule has 0 atom stereocenters. The zero-order chi connectivity index (χ0) is 20.6. The molecule has 0 aliphatic heterocycles. The fourth-order valence-corrected chi connectivity index (χ4v) is 3.62. The third-order valence-corrected chi connectivity index (χ3v) is 5.35. The average molecular weight is 415 g/mol. The van der Waals surface area contributed by atoms with Gasteiger partial charge in [0.05, 0.1) is 24.4 Å². The number of halogens is 1. The van der Waals surface area contributed by atoms with Crippen LogP contribution in [-0.2, 0) is 10.0 Å². The maximum absolute atomic E-state index is 13.1. The largest absolute Gasteiger partial charge is 0.480 e. The molecule has 0 fully saturated rings. The van der Waals surface area contributed by atoms with Crippen molar-refractivity contribution in [3.63, 3.8) is 0 Å². The molecule has 3 aromatic heterocycles. The van der Waals surface area contributed by atoms with Crippen LogP contribution in [0.15, 0.2) is 53.8 Å². The van der Waals surface area contributed by atoms with Crippen LogP contribution >= 0.6 is 0 Å². The van der Waals surface area contributed by atoms with E-state index in [2.05, 4.69) is 24.8 Å². The zero-order valence-corrected chi connectivity index (χ0v) is 15.8. The lowest BCUT2D eigenvalue weighted by Crippen LogP contribution is -2.14. The molecule has 0 saturated heterocycles. The van der Waals surface area contributed by atoms with E-state index in [0.717, 1.165) is 24.3 Å². The summed E-state index contributed by atoms with van der Waals surface area (Å²) in [5.41, 5.74) is 6.73. The van der Waals surface area contributed by atoms with Crippen LogP contribution < -0.4 is 15.2 Å². The molecule has 0 saturated carbocycles. The molecule has 0 unspecified atom stereocenters. The van der Waals surface area contributed by atoms with Gasteiger partial charge in [-0.05, 0) is 30.3 Å². The number of hydrogen-bond acceptors (Lipinski definition) is 8. The standard InChI is InChI=1S/C17H14FN7O3S/c1-28-16-13(24-29(26,27)12-4-2-11(18)3-5-12)6-10(7-20-16)14-8-21-17-22-9-15(19)25(17)23-14/h2-9,24H,19H2,1H3. The van der Waals surface area contributed by atoms with Crippen molar-refractivity contribution in [1.29, 1.82) is 0 Å². The van der Waals surface area contributed by atoms with E-state index in [9.17, 15) is 12.8 Å². The van der Waals surface area contributed by atoms with E-state index in [0.29, 0.717) is 22.9 Å². The first-order valence-electron chi connectivity index (χ1n) is 8.16. The zero-order valence-electron chi connectivity index (χ0n) is 14.9. The number of nitrogens with one attached hydrogen (secondary N) is 1. The van der Waals surface area contributed by atoms with Crippen LogP contribution in [0.5, 0.6) is 5.88 Å². The Kier molecular flexibility index (Phi) is 4.47. The molecule has 0 aliphatic rings. The van der Waals surface area contributed by atoms with E-state index < -0.39 is 15.8 Å². The van der Waals surface area contributed by atoms with Crippen molar-refractivity contribution in [3.8, 4) is 17.1 Å². The van der Waals surface area contributed by atoms with Crippen LogP contribution in [0.4, 0.5) is 15.9 Å². The highest BCUT2D eigenvalue weighted by Gasteiger charge is 2.19. The van der Waals surface area contributed by atoms with Crippen LogP contribution in [-0.4, -0.2) is 40.1 Å². The Bertz CT molecular complexity index is 1310. The summed E-state index contributed by atoms with van der Waals surface area (Å²) >= 11 is 0. The molecule has 0 spiro atoms. The quantitative estimate of drug-likeness (QED) is 0.503. The van der Waals surface area contributed by atoms with E-state index in [4.69, 9.17) is 10.5 Å². The second-order valence-electron chi connectivity index (χ2n) is 5.88. The van der Waals surface area contributed by atoms with Crippen LogP contribution in [0, 0.1) is 5.82 Å². The lowest BCUT2D eigenvalue weighted by atomic mass is 10.2. The minimum Gasteiger partial charge on any atom is -0.480 e. The van der Waals surface area contributed by atoms with Crippen molar-refractivity contribution in [2.75, 3.05) is 17.6 Å². The van der Waals surface area contributed by atoms with Crippen molar-refractivity contribution in [3.05, 3.63) is 54.7 Å². The molecule has 4 aromatic rings. The predicted octanol–water partition coefficient (Wildman–Crippen LogP) is 1.72. The van der Waals surface area contributed by atoms with Crippen LogP contribution in [0.1, 0.15) is 0 Å². The molecule has 10 nitrogen and oxygen atoms in total. The van der Waals surface area contributed by atoms with Crippen molar-refractivity contribution in [2.45, 2.75) is 4.90 Å². The Labute approximate surface area is 164 Å². The number of aromatic nitrogens is 5. The topological polar surface area (TPSA) is 137 Å². The van der Waals surface area contributed by atoms with Gasteiger partial charge in [0.1, 0.15) is 23.0 Å². The number of nitrogen functional groups attached to an aromatic ring is 1. The molecule has 0 aliphatic carbocycles. The summed E-state index contributed by atoms with van der Waals surface area (Å²) < 4.78 is 47.3. The minimum atomic E-state index is -4.00. The number of pyridine rings is 1. The number of anilines is 2. The number of nitrogens with zero attached hydrogens (tertiary/aromatic N) is 5. The van der Waals surface area contributed by atoms with Crippen molar-refractivity contribution in [1.82, 2.24) is 24.6 Å². The lowest BCUT2D eigenvalue weighted by molar-refractivity contribution is 0.400. The first-order chi connectivity index (χ1) is 13.9. The van der Waals surface area contributed by atoms with Gasteiger partial charge in [0.2, 0.25) is 5.88 Å². The second kappa shape index (κ2) is 6.98.